The highest BCUT2D eigenvalue weighted by Gasteiger charge is 2.25. The quantitative estimate of drug-likeness (QED) is 0.331. The molecule has 0 aliphatic carbocycles. The first-order chi connectivity index (χ1) is 19.8. The van der Waals surface area contributed by atoms with E-state index in [9.17, 15) is 23.6 Å². The van der Waals surface area contributed by atoms with E-state index in [0.717, 1.165) is 5.69 Å². The Labute approximate surface area is 244 Å². The van der Waals surface area contributed by atoms with Crippen molar-refractivity contribution in [1.29, 1.82) is 0 Å². The van der Waals surface area contributed by atoms with E-state index in [4.69, 9.17) is 4.74 Å². The second-order valence-corrected chi connectivity index (χ2v) is 11.0. The summed E-state index contributed by atoms with van der Waals surface area (Å²) >= 11 is 0. The molecule has 3 rings (SSSR count). The maximum Gasteiger partial charge on any atom is 0.410 e. The van der Waals surface area contributed by atoms with Crippen LogP contribution in [0.25, 0.3) is 10.9 Å². The van der Waals surface area contributed by atoms with Gasteiger partial charge in [0.25, 0.3) is 11.5 Å². The number of allylic oxidation sites excluding steroid dienone is 1. The van der Waals surface area contributed by atoms with Gasteiger partial charge in [-0.25, -0.2) is 9.18 Å². The molecule has 2 N–H and O–H groups in total. The number of carbonyl (C=O) groups excluding carboxylic acids is 3. The summed E-state index contributed by atoms with van der Waals surface area (Å²) in [6.07, 6.45) is 3.28. The average molecular weight is 583 g/mol. The zero-order valence-electron chi connectivity index (χ0n) is 25.2. The first kappa shape index (κ1) is 32.0. The minimum Gasteiger partial charge on any atom is -0.436 e. The first-order valence-electron chi connectivity index (χ1n) is 13.7. The van der Waals surface area contributed by atoms with Crippen LogP contribution in [-0.4, -0.2) is 76.5 Å². The van der Waals surface area contributed by atoms with Crippen molar-refractivity contribution in [2.24, 2.45) is 5.92 Å². The Kier molecular flexibility index (Phi) is 10.6. The molecule has 0 saturated heterocycles. The van der Waals surface area contributed by atoms with Crippen LogP contribution in [0.1, 0.15) is 43.8 Å². The number of aromatic nitrogens is 3. The Morgan fingerprint density at radius 2 is 1.88 bits per heavy atom. The fourth-order valence-corrected chi connectivity index (χ4v) is 4.22. The van der Waals surface area contributed by atoms with E-state index in [1.165, 1.54) is 46.8 Å². The first-order valence-corrected chi connectivity index (χ1v) is 13.7. The third-order valence-corrected chi connectivity index (χ3v) is 6.53. The standard InChI is InChI=1S/C30H39FN6O5/c1-18(2)14-24-27-21(22(31)16-32-24)15-20(33-27)17-37-19(3)12-13-23(29(37)40)34-28(39)25(42-30(41)36(6)7)10-8-9-11-26(38)35(4)5/h9,11-13,15-16,18,25,33H,8,10,14,17H2,1-7H3,(H,34,39)/b11-9+. The molecule has 0 aromatic carbocycles. The number of pyridine rings is 2. The summed E-state index contributed by atoms with van der Waals surface area (Å²) in [5.74, 6) is -1.03. The van der Waals surface area contributed by atoms with Crippen molar-refractivity contribution < 1.29 is 23.5 Å². The molecule has 1 unspecified atom stereocenters. The SMILES string of the molecule is Cc1ccc(NC(=O)C(CC/C=C/C(=O)N(C)C)OC(=O)N(C)C)c(=O)n1Cc1cc2c(F)cnc(CC(C)C)c2[nH]1. The van der Waals surface area contributed by atoms with Gasteiger partial charge in [0.05, 0.1) is 24.0 Å². The van der Waals surface area contributed by atoms with Crippen LogP contribution in [0.4, 0.5) is 14.9 Å². The Bertz CT molecular complexity index is 1540. The van der Waals surface area contributed by atoms with Gasteiger partial charge in [-0.15, -0.1) is 0 Å². The number of nitrogens with one attached hydrogen (secondary N) is 2. The van der Waals surface area contributed by atoms with Gasteiger partial charge < -0.3 is 29.4 Å². The average Bonchev–Trinajstić information content (AvgIpc) is 3.36. The van der Waals surface area contributed by atoms with Crippen LogP contribution in [-0.2, 0) is 27.3 Å². The highest BCUT2D eigenvalue weighted by Crippen LogP contribution is 2.23. The fourth-order valence-electron chi connectivity index (χ4n) is 4.22. The summed E-state index contributed by atoms with van der Waals surface area (Å²) in [5, 5.41) is 3.00. The maximum absolute atomic E-state index is 14.6. The lowest BCUT2D eigenvalue weighted by Gasteiger charge is -2.20. The van der Waals surface area contributed by atoms with Gasteiger partial charge in [-0.1, -0.05) is 19.9 Å². The predicted molar refractivity (Wildman–Crippen MR) is 159 cm³/mol. The molecule has 0 bridgehead atoms. The molecule has 12 heteroatoms. The lowest BCUT2D eigenvalue weighted by Crippen LogP contribution is -2.38. The van der Waals surface area contributed by atoms with Gasteiger partial charge in [0, 0.05) is 45.0 Å². The number of anilines is 1. The number of hydrogen-bond acceptors (Lipinski definition) is 6. The molecule has 3 amide bonds. The Morgan fingerprint density at radius 1 is 1.17 bits per heavy atom. The molecular weight excluding hydrogens is 543 g/mol. The molecular formula is C30H39FN6O5. The summed E-state index contributed by atoms with van der Waals surface area (Å²) in [5.41, 5.74) is 2.10. The van der Waals surface area contributed by atoms with Gasteiger partial charge in [0.15, 0.2) is 11.9 Å². The van der Waals surface area contributed by atoms with Gasteiger partial charge >= 0.3 is 6.09 Å². The smallest absolute Gasteiger partial charge is 0.410 e. The minimum atomic E-state index is -1.21. The molecule has 3 heterocycles. The molecule has 226 valence electrons. The van der Waals surface area contributed by atoms with Gasteiger partial charge in [-0.05, 0) is 56.4 Å². The van der Waals surface area contributed by atoms with E-state index in [2.05, 4.69) is 29.1 Å². The number of rotatable bonds is 11. The van der Waals surface area contributed by atoms with Crippen LogP contribution in [0.5, 0.6) is 0 Å². The molecule has 3 aromatic rings. The summed E-state index contributed by atoms with van der Waals surface area (Å²) in [6, 6.07) is 4.84. The Hall–Kier alpha value is -4.48. The van der Waals surface area contributed by atoms with Crippen molar-refractivity contribution in [3.05, 3.63) is 69.8 Å². The van der Waals surface area contributed by atoms with Crippen LogP contribution in [0.3, 0.4) is 0 Å². The highest BCUT2D eigenvalue weighted by atomic mass is 19.1. The zero-order chi connectivity index (χ0) is 31.1. The molecule has 11 nitrogen and oxygen atoms in total. The van der Waals surface area contributed by atoms with E-state index in [1.807, 2.05) is 0 Å². The lowest BCUT2D eigenvalue weighted by molar-refractivity contribution is -0.125. The van der Waals surface area contributed by atoms with Crippen LogP contribution < -0.4 is 10.9 Å². The van der Waals surface area contributed by atoms with E-state index < -0.39 is 29.5 Å². The molecule has 0 radical (unpaired) electrons. The predicted octanol–water partition coefficient (Wildman–Crippen LogP) is 3.85. The summed E-state index contributed by atoms with van der Waals surface area (Å²) in [4.78, 5) is 60.7. The topological polar surface area (TPSA) is 130 Å². The third-order valence-electron chi connectivity index (χ3n) is 6.53. The normalized spacial score (nSPS) is 12.1. The molecule has 1 atom stereocenters. The molecule has 0 aliphatic heterocycles. The number of fused-ring (bicyclic) bond motifs is 1. The van der Waals surface area contributed by atoms with E-state index in [-0.39, 0.29) is 31.0 Å². The van der Waals surface area contributed by atoms with Gasteiger partial charge in [-0.3, -0.25) is 19.4 Å². The van der Waals surface area contributed by atoms with Crippen molar-refractivity contribution in [1.82, 2.24) is 24.3 Å². The number of aromatic amines is 1. The number of hydrogen-bond donors (Lipinski definition) is 2. The van der Waals surface area contributed by atoms with Crippen molar-refractivity contribution >= 4 is 34.5 Å². The number of carbonyl (C=O) groups is 3. The van der Waals surface area contributed by atoms with Crippen molar-refractivity contribution in [2.45, 2.75) is 52.7 Å². The number of halogens is 1. The number of likely N-dealkylation sites (N-methyl/N-ethyl adjacent to an activating group) is 1. The third kappa shape index (κ3) is 8.05. The van der Waals surface area contributed by atoms with Gasteiger partial charge in [-0.2, -0.15) is 0 Å². The summed E-state index contributed by atoms with van der Waals surface area (Å²) in [7, 11) is 6.22. The van der Waals surface area contributed by atoms with E-state index in [0.29, 0.717) is 34.6 Å². The lowest BCUT2D eigenvalue weighted by atomic mass is 10.1. The second-order valence-electron chi connectivity index (χ2n) is 11.0. The minimum absolute atomic E-state index is 0.000662. The van der Waals surface area contributed by atoms with Gasteiger partial charge in [0.1, 0.15) is 5.69 Å². The molecule has 0 saturated carbocycles. The number of nitrogens with zero attached hydrogens (tertiary/aromatic N) is 4. The van der Waals surface area contributed by atoms with Crippen molar-refractivity contribution in [3.63, 3.8) is 0 Å². The molecule has 0 aliphatic rings. The van der Waals surface area contributed by atoms with Crippen molar-refractivity contribution in [2.75, 3.05) is 33.5 Å². The number of amides is 3. The van der Waals surface area contributed by atoms with Crippen LogP contribution in [0.15, 0.2) is 41.3 Å². The monoisotopic (exact) mass is 582 g/mol. The van der Waals surface area contributed by atoms with E-state index in [1.54, 1.807) is 39.2 Å². The number of aryl methyl sites for hydroxylation is 1. The number of ether oxygens (including phenoxy) is 1. The van der Waals surface area contributed by atoms with Crippen LogP contribution in [0.2, 0.25) is 0 Å². The van der Waals surface area contributed by atoms with Crippen LogP contribution in [0, 0.1) is 18.7 Å². The zero-order valence-corrected chi connectivity index (χ0v) is 25.2. The summed E-state index contributed by atoms with van der Waals surface area (Å²) in [6.45, 7) is 5.97. The summed E-state index contributed by atoms with van der Waals surface area (Å²) < 4.78 is 21.4. The molecule has 3 aromatic heterocycles. The maximum atomic E-state index is 14.6. The van der Waals surface area contributed by atoms with Crippen molar-refractivity contribution in [3.8, 4) is 0 Å². The molecule has 42 heavy (non-hydrogen) atoms. The van der Waals surface area contributed by atoms with E-state index >= 15 is 0 Å². The Balaban J connectivity index is 1.85. The van der Waals surface area contributed by atoms with Crippen LogP contribution >= 0.6 is 0 Å². The largest absolute Gasteiger partial charge is 0.436 e. The molecule has 0 fully saturated rings. The fraction of sp³-hybridized carbons (Fsp3) is 0.433. The number of H-pyrrole nitrogens is 1. The van der Waals surface area contributed by atoms with Gasteiger partial charge in [0.2, 0.25) is 5.91 Å². The highest BCUT2D eigenvalue weighted by molar-refractivity contribution is 5.95. The Morgan fingerprint density at radius 3 is 2.52 bits per heavy atom. The second kappa shape index (κ2) is 13.9. The molecule has 0 spiro atoms.